The van der Waals surface area contributed by atoms with E-state index in [1.165, 1.54) is 11.3 Å². The lowest BCUT2D eigenvalue weighted by Gasteiger charge is -1.90. The Labute approximate surface area is 79.7 Å². The molecule has 1 N–H and O–H groups in total. The molecule has 0 aliphatic rings. The van der Waals surface area contributed by atoms with Crippen molar-refractivity contribution in [3.05, 3.63) is 40.1 Å². The van der Waals surface area contributed by atoms with Gasteiger partial charge in [-0.2, -0.15) is 5.26 Å². The number of aromatic nitrogens is 2. The number of nitrogens with one attached hydrogen (secondary N) is 1. The van der Waals surface area contributed by atoms with Crippen molar-refractivity contribution in [1.82, 2.24) is 9.97 Å². The van der Waals surface area contributed by atoms with E-state index in [0.717, 1.165) is 22.0 Å². The van der Waals surface area contributed by atoms with Crippen LogP contribution in [0, 0.1) is 11.3 Å². The molecule has 2 aromatic rings. The predicted molar refractivity (Wildman–Crippen MR) is 50.4 cm³/mol. The van der Waals surface area contributed by atoms with E-state index in [9.17, 15) is 0 Å². The van der Waals surface area contributed by atoms with Crippen LogP contribution in [0.3, 0.4) is 0 Å². The topological polar surface area (TPSA) is 52.5 Å². The van der Waals surface area contributed by atoms with Gasteiger partial charge in [-0.15, -0.1) is 11.3 Å². The Bertz CT molecular complexity index is 422. The summed E-state index contributed by atoms with van der Waals surface area (Å²) in [5.74, 6) is 0.936. The summed E-state index contributed by atoms with van der Waals surface area (Å²) in [7, 11) is 0. The lowest BCUT2D eigenvalue weighted by Crippen LogP contribution is -1.85. The van der Waals surface area contributed by atoms with Crippen LogP contribution in [0.25, 0.3) is 0 Å². The molecule has 0 radical (unpaired) electrons. The first-order valence-electron chi connectivity index (χ1n) is 3.85. The number of H-pyrrole nitrogens is 1. The van der Waals surface area contributed by atoms with Gasteiger partial charge in [0.2, 0.25) is 0 Å². The molecular formula is C9H7N3S. The van der Waals surface area contributed by atoms with E-state index in [4.69, 9.17) is 5.26 Å². The lowest BCUT2D eigenvalue weighted by molar-refractivity contribution is 1.04. The Balaban J connectivity index is 2.15. The molecule has 0 aliphatic heterocycles. The molecule has 64 valence electrons. The van der Waals surface area contributed by atoms with Gasteiger partial charge in [-0.05, 0) is 12.1 Å². The van der Waals surface area contributed by atoms with E-state index in [-0.39, 0.29) is 0 Å². The van der Waals surface area contributed by atoms with Crippen molar-refractivity contribution in [3.8, 4) is 6.07 Å². The zero-order valence-electron chi connectivity index (χ0n) is 6.82. The van der Waals surface area contributed by atoms with Gasteiger partial charge in [-0.1, -0.05) is 0 Å². The second-order valence-electron chi connectivity index (χ2n) is 2.59. The highest BCUT2D eigenvalue weighted by Crippen LogP contribution is 2.17. The third-order valence-corrected chi connectivity index (χ3v) is 2.66. The molecule has 0 atom stereocenters. The van der Waals surface area contributed by atoms with Gasteiger partial charge in [0.15, 0.2) is 0 Å². The Kier molecular flexibility index (Phi) is 2.11. The van der Waals surface area contributed by atoms with Crippen LogP contribution in [-0.4, -0.2) is 9.97 Å². The number of nitriles is 1. The van der Waals surface area contributed by atoms with Gasteiger partial charge in [0, 0.05) is 23.7 Å². The van der Waals surface area contributed by atoms with Gasteiger partial charge in [0.05, 0.1) is 0 Å². The maximum atomic E-state index is 8.61. The third kappa shape index (κ3) is 1.76. The maximum Gasteiger partial charge on any atom is 0.111 e. The van der Waals surface area contributed by atoms with Gasteiger partial charge < -0.3 is 4.98 Å². The fourth-order valence-corrected chi connectivity index (χ4v) is 1.90. The van der Waals surface area contributed by atoms with Gasteiger partial charge in [0.25, 0.3) is 0 Å². The number of hydrogen-bond acceptors (Lipinski definition) is 3. The molecule has 0 fully saturated rings. The second-order valence-corrected chi connectivity index (χ2v) is 3.76. The van der Waals surface area contributed by atoms with E-state index < -0.39 is 0 Å². The standard InChI is InChI=1S/C9H7N3S/c10-6-8-2-1-7(13-8)5-9-11-3-4-12-9/h1-4H,5H2,(H,11,12). The summed E-state index contributed by atoms with van der Waals surface area (Å²) in [4.78, 5) is 9.05. The number of aromatic amines is 1. The predicted octanol–water partition coefficient (Wildman–Crippen LogP) is 1.93. The van der Waals surface area contributed by atoms with Gasteiger partial charge in [-0.3, -0.25) is 0 Å². The molecular weight excluding hydrogens is 182 g/mol. The number of nitrogens with zero attached hydrogens (tertiary/aromatic N) is 2. The molecule has 2 rings (SSSR count). The van der Waals surface area contributed by atoms with Crippen molar-refractivity contribution in [2.75, 3.05) is 0 Å². The Morgan fingerprint density at radius 1 is 1.54 bits per heavy atom. The van der Waals surface area contributed by atoms with Crippen LogP contribution in [0.15, 0.2) is 24.5 Å². The number of thiophene rings is 1. The van der Waals surface area contributed by atoms with Crippen LogP contribution < -0.4 is 0 Å². The molecule has 0 bridgehead atoms. The van der Waals surface area contributed by atoms with Crippen LogP contribution in [0.2, 0.25) is 0 Å². The van der Waals surface area contributed by atoms with Crippen LogP contribution in [0.1, 0.15) is 15.6 Å². The first-order valence-corrected chi connectivity index (χ1v) is 4.67. The Morgan fingerprint density at radius 3 is 3.08 bits per heavy atom. The summed E-state index contributed by atoms with van der Waals surface area (Å²) < 4.78 is 0. The highest BCUT2D eigenvalue weighted by Gasteiger charge is 2.01. The summed E-state index contributed by atoms with van der Waals surface area (Å²) in [5, 5.41) is 8.61. The fraction of sp³-hybridized carbons (Fsp3) is 0.111. The van der Waals surface area contributed by atoms with Crippen molar-refractivity contribution in [2.24, 2.45) is 0 Å². The molecule has 0 unspecified atom stereocenters. The summed E-state index contributed by atoms with van der Waals surface area (Å²) in [6, 6.07) is 5.92. The average Bonchev–Trinajstić information content (AvgIpc) is 2.76. The lowest BCUT2D eigenvalue weighted by atomic mass is 10.3. The van der Waals surface area contributed by atoms with Crippen molar-refractivity contribution in [1.29, 1.82) is 5.26 Å². The Hall–Kier alpha value is -1.60. The van der Waals surface area contributed by atoms with Crippen LogP contribution in [0.5, 0.6) is 0 Å². The SMILES string of the molecule is N#Cc1ccc(Cc2ncc[nH]2)s1. The molecule has 0 spiro atoms. The molecule has 0 amide bonds. The smallest absolute Gasteiger partial charge is 0.111 e. The number of hydrogen-bond donors (Lipinski definition) is 1. The summed E-state index contributed by atoms with van der Waals surface area (Å²) in [6.07, 6.45) is 4.31. The van der Waals surface area contributed by atoms with Crippen LogP contribution >= 0.6 is 11.3 Å². The summed E-state index contributed by atoms with van der Waals surface area (Å²) >= 11 is 1.51. The molecule has 3 nitrogen and oxygen atoms in total. The average molecular weight is 189 g/mol. The summed E-state index contributed by atoms with van der Waals surface area (Å²) in [6.45, 7) is 0. The zero-order valence-corrected chi connectivity index (χ0v) is 7.64. The van der Waals surface area contributed by atoms with Gasteiger partial charge in [-0.25, -0.2) is 4.98 Å². The normalized spacial score (nSPS) is 9.77. The largest absolute Gasteiger partial charge is 0.348 e. The van der Waals surface area contributed by atoms with E-state index >= 15 is 0 Å². The van der Waals surface area contributed by atoms with Gasteiger partial charge in [0.1, 0.15) is 16.8 Å². The van der Waals surface area contributed by atoms with Crippen molar-refractivity contribution >= 4 is 11.3 Å². The van der Waals surface area contributed by atoms with Crippen LogP contribution in [0.4, 0.5) is 0 Å². The molecule has 0 saturated carbocycles. The molecule has 4 heteroatoms. The van der Waals surface area contributed by atoms with E-state index in [0.29, 0.717) is 0 Å². The third-order valence-electron chi connectivity index (χ3n) is 1.67. The van der Waals surface area contributed by atoms with Crippen molar-refractivity contribution in [2.45, 2.75) is 6.42 Å². The monoisotopic (exact) mass is 189 g/mol. The minimum atomic E-state index is 0.751. The molecule has 0 aliphatic carbocycles. The fourth-order valence-electron chi connectivity index (χ4n) is 1.09. The highest BCUT2D eigenvalue weighted by atomic mass is 32.1. The minimum Gasteiger partial charge on any atom is -0.348 e. The molecule has 13 heavy (non-hydrogen) atoms. The van der Waals surface area contributed by atoms with Crippen molar-refractivity contribution < 1.29 is 0 Å². The van der Waals surface area contributed by atoms with Crippen LogP contribution in [-0.2, 0) is 6.42 Å². The number of imidazole rings is 1. The molecule has 0 saturated heterocycles. The quantitative estimate of drug-likeness (QED) is 0.784. The Morgan fingerprint density at radius 2 is 2.46 bits per heavy atom. The van der Waals surface area contributed by atoms with E-state index in [2.05, 4.69) is 16.0 Å². The molecule has 2 aromatic heterocycles. The van der Waals surface area contributed by atoms with Crippen molar-refractivity contribution in [3.63, 3.8) is 0 Å². The van der Waals surface area contributed by atoms with E-state index in [1.807, 2.05) is 12.1 Å². The maximum absolute atomic E-state index is 8.61. The van der Waals surface area contributed by atoms with Gasteiger partial charge >= 0.3 is 0 Å². The second kappa shape index (κ2) is 3.42. The number of rotatable bonds is 2. The van der Waals surface area contributed by atoms with E-state index in [1.54, 1.807) is 12.4 Å². The zero-order chi connectivity index (χ0) is 9.10. The minimum absolute atomic E-state index is 0.751. The summed E-state index contributed by atoms with van der Waals surface area (Å²) in [5.41, 5.74) is 0. The molecule has 2 heterocycles. The highest BCUT2D eigenvalue weighted by molar-refractivity contribution is 7.12. The first-order chi connectivity index (χ1) is 6.38. The molecule has 0 aromatic carbocycles. The first kappa shape index (κ1) is 8.02.